The molecule has 34 heavy (non-hydrogen) atoms. The third-order valence-electron chi connectivity index (χ3n) is 5.87. The molecule has 4 heterocycles. The molecule has 1 aromatic carbocycles. The van der Waals surface area contributed by atoms with Crippen LogP contribution in [0.15, 0.2) is 30.5 Å². The number of carbonyl (C=O) groups excluding carboxylic acids is 1. The van der Waals surface area contributed by atoms with Crippen molar-refractivity contribution in [1.29, 1.82) is 0 Å². The first kappa shape index (κ1) is 22.7. The maximum atomic E-state index is 11.1. The lowest BCUT2D eigenvalue weighted by molar-refractivity contribution is -0.129. The molecular weight excluding hydrogens is 454 g/mol. The highest BCUT2D eigenvalue weighted by Gasteiger charge is 2.21. The Balaban J connectivity index is 1.40. The molecule has 178 valence electrons. The van der Waals surface area contributed by atoms with Crippen molar-refractivity contribution in [3.63, 3.8) is 0 Å². The predicted octanol–water partition coefficient (Wildman–Crippen LogP) is 2.84. The normalized spacial score (nSPS) is 14.2. The fourth-order valence-corrected chi connectivity index (χ4v) is 5.21. The fourth-order valence-electron chi connectivity index (χ4n) is 4.13. The monoisotopic (exact) mass is 481 g/mol. The van der Waals surface area contributed by atoms with E-state index in [1.165, 1.54) is 4.88 Å². The van der Waals surface area contributed by atoms with Gasteiger partial charge in [-0.05, 0) is 31.5 Å². The Morgan fingerprint density at radius 1 is 1.24 bits per heavy atom. The highest BCUT2D eigenvalue weighted by atomic mass is 32.1. The molecule has 0 unspecified atom stereocenters. The van der Waals surface area contributed by atoms with Gasteiger partial charge < -0.3 is 15.0 Å². The first-order chi connectivity index (χ1) is 16.7. The zero-order valence-electron chi connectivity index (χ0n) is 18.7. The second-order valence-electron chi connectivity index (χ2n) is 8.20. The standard InChI is InChI=1S/C23H27N7O3S/c31-20(29-32)6-1-2-7-24-13-15-12-19-21(34-15)23(30-8-10-33-11-9-30)27-22(26-19)16-4-3-5-18-17(16)14-25-28-18/h3-5,12,14,24,32H,1-2,6-11,13H2,(H,25,28)(H,29,31). The predicted molar refractivity (Wildman–Crippen MR) is 131 cm³/mol. The van der Waals surface area contributed by atoms with E-state index in [0.717, 1.165) is 71.5 Å². The number of fused-ring (bicyclic) bond motifs is 2. The van der Waals surface area contributed by atoms with Crippen molar-refractivity contribution >= 4 is 44.2 Å². The van der Waals surface area contributed by atoms with Gasteiger partial charge in [-0.2, -0.15) is 5.10 Å². The quantitative estimate of drug-likeness (QED) is 0.163. The number of H-pyrrole nitrogens is 1. The molecule has 4 aromatic rings. The topological polar surface area (TPSA) is 128 Å². The molecule has 4 N–H and O–H groups in total. The van der Waals surface area contributed by atoms with Gasteiger partial charge in [-0.3, -0.25) is 15.1 Å². The number of benzene rings is 1. The molecular formula is C23H27N7O3S. The highest BCUT2D eigenvalue weighted by Crippen LogP contribution is 2.35. The Labute approximate surface area is 200 Å². The first-order valence-electron chi connectivity index (χ1n) is 11.4. The second kappa shape index (κ2) is 10.4. The number of morpholine rings is 1. The van der Waals surface area contributed by atoms with E-state index in [4.69, 9.17) is 19.9 Å². The van der Waals surface area contributed by atoms with Crippen LogP contribution in [0, 0.1) is 0 Å². The molecule has 10 nitrogen and oxygen atoms in total. The van der Waals surface area contributed by atoms with Gasteiger partial charge in [0.25, 0.3) is 0 Å². The van der Waals surface area contributed by atoms with Crippen LogP contribution >= 0.6 is 11.3 Å². The van der Waals surface area contributed by atoms with Crippen LogP contribution in [-0.4, -0.2) is 64.1 Å². The summed E-state index contributed by atoms with van der Waals surface area (Å²) in [5.74, 6) is 1.30. The molecule has 0 aliphatic carbocycles. The van der Waals surface area contributed by atoms with E-state index < -0.39 is 0 Å². The SMILES string of the molecule is O=C(CCCCNCc1cc2nc(-c3cccc4[nH]ncc34)nc(N3CCOCC3)c2s1)NO. The fraction of sp³-hybridized carbons (Fsp3) is 0.391. The molecule has 1 aliphatic rings. The summed E-state index contributed by atoms with van der Waals surface area (Å²) in [5, 5.41) is 20.2. The van der Waals surface area contributed by atoms with Crippen molar-refractivity contribution in [2.75, 3.05) is 37.7 Å². The Hall–Kier alpha value is -3.12. The van der Waals surface area contributed by atoms with Gasteiger partial charge in [0.1, 0.15) is 0 Å². The summed E-state index contributed by atoms with van der Waals surface area (Å²) in [6.45, 7) is 4.49. The summed E-state index contributed by atoms with van der Waals surface area (Å²) in [6, 6.07) is 8.16. The number of ether oxygens (including phenoxy) is 1. The molecule has 0 bridgehead atoms. The maximum absolute atomic E-state index is 11.1. The highest BCUT2D eigenvalue weighted by molar-refractivity contribution is 7.19. The molecule has 3 aromatic heterocycles. The van der Waals surface area contributed by atoms with Crippen molar-refractivity contribution in [3.05, 3.63) is 35.3 Å². The van der Waals surface area contributed by atoms with E-state index in [0.29, 0.717) is 25.5 Å². The van der Waals surface area contributed by atoms with Crippen molar-refractivity contribution < 1.29 is 14.7 Å². The minimum Gasteiger partial charge on any atom is -0.378 e. The minimum absolute atomic E-state index is 0.325. The van der Waals surface area contributed by atoms with E-state index in [9.17, 15) is 4.79 Å². The number of unbranched alkanes of at least 4 members (excludes halogenated alkanes) is 1. The van der Waals surface area contributed by atoms with Crippen LogP contribution in [0.3, 0.4) is 0 Å². The maximum Gasteiger partial charge on any atom is 0.243 e. The van der Waals surface area contributed by atoms with Gasteiger partial charge in [0.15, 0.2) is 11.6 Å². The Morgan fingerprint density at radius 2 is 2.12 bits per heavy atom. The number of hydrogen-bond acceptors (Lipinski definition) is 9. The van der Waals surface area contributed by atoms with E-state index in [2.05, 4.69) is 26.5 Å². The molecule has 1 amide bonds. The Morgan fingerprint density at radius 3 is 2.97 bits per heavy atom. The number of rotatable bonds is 9. The summed E-state index contributed by atoms with van der Waals surface area (Å²) >= 11 is 1.71. The number of hydrogen-bond donors (Lipinski definition) is 4. The summed E-state index contributed by atoms with van der Waals surface area (Å²) in [5.41, 5.74) is 4.52. The zero-order chi connectivity index (χ0) is 23.3. The number of hydroxylamine groups is 1. The third kappa shape index (κ3) is 4.87. The van der Waals surface area contributed by atoms with Crippen LogP contribution in [0.2, 0.25) is 0 Å². The van der Waals surface area contributed by atoms with E-state index in [1.807, 2.05) is 24.4 Å². The van der Waals surface area contributed by atoms with E-state index in [-0.39, 0.29) is 5.91 Å². The number of aromatic amines is 1. The molecule has 5 rings (SSSR count). The van der Waals surface area contributed by atoms with Gasteiger partial charge in [0.2, 0.25) is 5.91 Å². The van der Waals surface area contributed by atoms with Crippen LogP contribution in [0.4, 0.5) is 5.82 Å². The van der Waals surface area contributed by atoms with E-state index in [1.54, 1.807) is 16.8 Å². The summed E-state index contributed by atoms with van der Waals surface area (Å²) < 4.78 is 6.65. The summed E-state index contributed by atoms with van der Waals surface area (Å²) in [4.78, 5) is 24.5. The summed E-state index contributed by atoms with van der Waals surface area (Å²) in [7, 11) is 0. The number of nitrogens with one attached hydrogen (secondary N) is 3. The van der Waals surface area contributed by atoms with Gasteiger partial charge in [0.05, 0.1) is 35.1 Å². The van der Waals surface area contributed by atoms with Crippen molar-refractivity contribution in [2.24, 2.45) is 0 Å². The number of anilines is 1. The van der Waals surface area contributed by atoms with Crippen LogP contribution in [-0.2, 0) is 16.1 Å². The van der Waals surface area contributed by atoms with Crippen LogP contribution < -0.4 is 15.7 Å². The van der Waals surface area contributed by atoms with Crippen LogP contribution in [0.25, 0.3) is 32.5 Å². The smallest absolute Gasteiger partial charge is 0.243 e. The van der Waals surface area contributed by atoms with Crippen LogP contribution in [0.1, 0.15) is 24.1 Å². The van der Waals surface area contributed by atoms with Gasteiger partial charge >= 0.3 is 0 Å². The average molecular weight is 482 g/mol. The molecule has 11 heteroatoms. The molecule has 0 atom stereocenters. The number of thiophene rings is 1. The zero-order valence-corrected chi connectivity index (χ0v) is 19.5. The average Bonchev–Trinajstić information content (AvgIpc) is 3.52. The molecule has 0 radical (unpaired) electrons. The molecule has 1 fully saturated rings. The van der Waals surface area contributed by atoms with Gasteiger partial charge in [0, 0.05) is 41.9 Å². The molecule has 1 saturated heterocycles. The first-order valence-corrected chi connectivity index (χ1v) is 12.2. The number of amides is 1. The second-order valence-corrected chi connectivity index (χ2v) is 9.34. The van der Waals surface area contributed by atoms with Gasteiger partial charge in [-0.15, -0.1) is 11.3 Å². The van der Waals surface area contributed by atoms with Crippen molar-refractivity contribution in [2.45, 2.75) is 25.8 Å². The van der Waals surface area contributed by atoms with Gasteiger partial charge in [-0.25, -0.2) is 15.4 Å². The molecule has 1 aliphatic heterocycles. The lowest BCUT2D eigenvalue weighted by Gasteiger charge is -2.28. The van der Waals surface area contributed by atoms with Crippen molar-refractivity contribution in [1.82, 2.24) is 31.0 Å². The largest absolute Gasteiger partial charge is 0.378 e. The lowest BCUT2D eigenvalue weighted by Crippen LogP contribution is -2.36. The van der Waals surface area contributed by atoms with Crippen molar-refractivity contribution in [3.8, 4) is 11.4 Å². The number of aromatic nitrogens is 4. The number of carbonyl (C=O) groups is 1. The lowest BCUT2D eigenvalue weighted by atomic mass is 10.1. The van der Waals surface area contributed by atoms with E-state index >= 15 is 0 Å². The molecule has 0 saturated carbocycles. The molecule has 0 spiro atoms. The van der Waals surface area contributed by atoms with Gasteiger partial charge in [-0.1, -0.05) is 12.1 Å². The summed E-state index contributed by atoms with van der Waals surface area (Å²) in [6.07, 6.45) is 3.73. The Kier molecular flexibility index (Phi) is 6.95. The Bertz CT molecular complexity index is 1280. The minimum atomic E-state index is -0.347. The number of nitrogens with zero attached hydrogens (tertiary/aromatic N) is 4. The third-order valence-corrected chi connectivity index (χ3v) is 6.99. The van der Waals surface area contributed by atoms with Crippen LogP contribution in [0.5, 0.6) is 0 Å².